The molecular formula is C22H22N2O5. The first-order chi connectivity index (χ1) is 14.0. The number of ether oxygens (including phenoxy) is 2. The first-order valence-electron chi connectivity index (χ1n) is 9.37. The summed E-state index contributed by atoms with van der Waals surface area (Å²) in [7, 11) is 3.10. The van der Waals surface area contributed by atoms with Crippen LogP contribution in [0.25, 0.3) is 10.9 Å². The van der Waals surface area contributed by atoms with E-state index in [1.807, 2.05) is 24.3 Å². The molecule has 3 aromatic rings. The largest absolute Gasteiger partial charge is 0.493 e. The summed E-state index contributed by atoms with van der Waals surface area (Å²) >= 11 is 0. The first-order valence-corrected chi connectivity index (χ1v) is 9.37. The van der Waals surface area contributed by atoms with Gasteiger partial charge in [0.1, 0.15) is 0 Å². The average molecular weight is 394 g/mol. The number of carbonyl (C=O) groups is 2. The van der Waals surface area contributed by atoms with Crippen LogP contribution in [0.4, 0.5) is 0 Å². The van der Waals surface area contributed by atoms with Crippen molar-refractivity contribution in [2.75, 3.05) is 20.8 Å². The average Bonchev–Trinajstić information content (AvgIpc) is 3.21. The van der Waals surface area contributed by atoms with Gasteiger partial charge in [-0.3, -0.25) is 9.59 Å². The lowest BCUT2D eigenvalue weighted by Crippen LogP contribution is -2.41. The summed E-state index contributed by atoms with van der Waals surface area (Å²) in [5.74, 6) is -0.0445. The zero-order chi connectivity index (χ0) is 20.5. The van der Waals surface area contributed by atoms with E-state index >= 15 is 0 Å². The van der Waals surface area contributed by atoms with Crippen molar-refractivity contribution in [2.24, 2.45) is 0 Å². The number of carboxylic acid groups (broad SMARTS) is 1. The van der Waals surface area contributed by atoms with Crippen LogP contribution in [0.1, 0.15) is 33.9 Å². The van der Waals surface area contributed by atoms with Crippen molar-refractivity contribution in [3.8, 4) is 11.5 Å². The summed E-state index contributed by atoms with van der Waals surface area (Å²) in [5.41, 5.74) is 3.04. The van der Waals surface area contributed by atoms with Gasteiger partial charge < -0.3 is 24.5 Å². The minimum atomic E-state index is -0.964. The van der Waals surface area contributed by atoms with Gasteiger partial charge >= 0.3 is 5.97 Å². The molecule has 1 aliphatic rings. The van der Waals surface area contributed by atoms with Crippen LogP contribution in [0.15, 0.2) is 42.6 Å². The van der Waals surface area contributed by atoms with Gasteiger partial charge in [0.25, 0.3) is 5.91 Å². The number of para-hydroxylation sites is 1. The Kier molecular flexibility index (Phi) is 4.88. The number of carbonyl (C=O) groups excluding carboxylic acids is 1. The summed E-state index contributed by atoms with van der Waals surface area (Å²) in [5, 5.41) is 10.5. The molecule has 1 atom stereocenters. The normalized spacial score (nSPS) is 15.8. The molecule has 0 spiro atoms. The fourth-order valence-electron chi connectivity index (χ4n) is 4.07. The number of amides is 1. The van der Waals surface area contributed by atoms with Crippen molar-refractivity contribution < 1.29 is 24.2 Å². The monoisotopic (exact) mass is 394 g/mol. The molecule has 29 heavy (non-hydrogen) atoms. The minimum absolute atomic E-state index is 0.186. The van der Waals surface area contributed by atoms with Gasteiger partial charge in [0, 0.05) is 18.1 Å². The molecule has 0 saturated heterocycles. The molecule has 1 amide bonds. The van der Waals surface area contributed by atoms with Crippen LogP contribution in [0, 0.1) is 0 Å². The first kappa shape index (κ1) is 18.9. The quantitative estimate of drug-likeness (QED) is 0.692. The highest BCUT2D eigenvalue weighted by Gasteiger charge is 2.34. The minimum Gasteiger partial charge on any atom is -0.493 e. The fraction of sp³-hybridized carbons (Fsp3) is 0.273. The molecule has 1 aromatic heterocycles. The number of aromatic nitrogens is 1. The molecule has 0 radical (unpaired) electrons. The van der Waals surface area contributed by atoms with E-state index in [9.17, 15) is 14.7 Å². The van der Waals surface area contributed by atoms with Crippen molar-refractivity contribution in [1.29, 1.82) is 0 Å². The lowest BCUT2D eigenvalue weighted by Gasteiger charge is -2.37. The van der Waals surface area contributed by atoms with Crippen LogP contribution in [0.3, 0.4) is 0 Å². The highest BCUT2D eigenvalue weighted by atomic mass is 16.5. The molecule has 2 N–H and O–H groups in total. The Morgan fingerprint density at radius 1 is 1.17 bits per heavy atom. The number of methoxy groups -OCH3 is 2. The molecule has 7 nitrogen and oxygen atoms in total. The molecule has 1 unspecified atom stereocenters. The molecule has 1 aliphatic heterocycles. The number of fused-ring (bicyclic) bond motifs is 2. The Bertz CT molecular complexity index is 1090. The van der Waals surface area contributed by atoms with Gasteiger partial charge in [0.2, 0.25) is 0 Å². The Morgan fingerprint density at radius 3 is 2.66 bits per heavy atom. The van der Waals surface area contributed by atoms with Crippen molar-refractivity contribution in [3.05, 3.63) is 59.3 Å². The number of benzene rings is 2. The second-order valence-corrected chi connectivity index (χ2v) is 7.02. The standard InChI is InChI=1S/C22H22N2O5/c1-28-18-10-14-7-9-24(17(12-20(25)26)16(14)11-19(18)29-2)22(27)15-5-3-4-13-6-8-23-21(13)15/h3-6,8,10-11,17,23H,7,9,12H2,1-2H3,(H,25,26). The van der Waals surface area contributed by atoms with Crippen molar-refractivity contribution >= 4 is 22.8 Å². The van der Waals surface area contributed by atoms with Gasteiger partial charge in [-0.1, -0.05) is 12.1 Å². The number of nitrogens with one attached hydrogen (secondary N) is 1. The summed E-state index contributed by atoms with van der Waals surface area (Å²) in [6.45, 7) is 0.427. The molecule has 7 heteroatoms. The van der Waals surface area contributed by atoms with Crippen molar-refractivity contribution in [2.45, 2.75) is 18.9 Å². The smallest absolute Gasteiger partial charge is 0.305 e. The van der Waals surface area contributed by atoms with Crippen molar-refractivity contribution in [3.63, 3.8) is 0 Å². The summed E-state index contributed by atoms with van der Waals surface area (Å²) in [6.07, 6.45) is 2.21. The Balaban J connectivity index is 1.79. The second kappa shape index (κ2) is 7.50. The van der Waals surface area contributed by atoms with Gasteiger partial charge in [-0.15, -0.1) is 0 Å². The zero-order valence-electron chi connectivity index (χ0n) is 16.3. The maximum Gasteiger partial charge on any atom is 0.305 e. The van der Waals surface area contributed by atoms with E-state index < -0.39 is 12.0 Å². The number of aliphatic carboxylic acids is 1. The summed E-state index contributed by atoms with van der Waals surface area (Å²) in [4.78, 5) is 29.8. The fourth-order valence-corrected chi connectivity index (χ4v) is 4.07. The molecular weight excluding hydrogens is 372 g/mol. The second-order valence-electron chi connectivity index (χ2n) is 7.02. The number of H-pyrrole nitrogens is 1. The molecule has 0 saturated carbocycles. The Hall–Kier alpha value is -3.48. The van der Waals surface area contributed by atoms with E-state index in [2.05, 4.69) is 4.98 Å². The highest BCUT2D eigenvalue weighted by molar-refractivity contribution is 6.06. The third kappa shape index (κ3) is 3.29. The van der Waals surface area contributed by atoms with Crippen LogP contribution < -0.4 is 9.47 Å². The van der Waals surface area contributed by atoms with Gasteiger partial charge in [-0.25, -0.2) is 0 Å². The van der Waals surface area contributed by atoms with Crippen LogP contribution in [-0.4, -0.2) is 47.6 Å². The number of nitrogens with zero attached hydrogens (tertiary/aromatic N) is 1. The Morgan fingerprint density at radius 2 is 1.93 bits per heavy atom. The van der Waals surface area contributed by atoms with E-state index in [-0.39, 0.29) is 12.3 Å². The van der Waals surface area contributed by atoms with Gasteiger partial charge in [-0.2, -0.15) is 0 Å². The number of aromatic amines is 1. The third-order valence-electron chi connectivity index (χ3n) is 5.45. The van der Waals surface area contributed by atoms with Gasteiger partial charge in [-0.05, 0) is 41.8 Å². The zero-order valence-corrected chi connectivity index (χ0v) is 16.3. The topological polar surface area (TPSA) is 91.9 Å². The van der Waals surface area contributed by atoms with Crippen LogP contribution in [0.2, 0.25) is 0 Å². The molecule has 2 heterocycles. The molecule has 0 fully saturated rings. The van der Waals surface area contributed by atoms with E-state index in [1.54, 1.807) is 30.3 Å². The highest BCUT2D eigenvalue weighted by Crippen LogP contribution is 2.40. The maximum absolute atomic E-state index is 13.4. The lowest BCUT2D eigenvalue weighted by atomic mass is 9.89. The third-order valence-corrected chi connectivity index (χ3v) is 5.45. The van der Waals surface area contributed by atoms with Gasteiger partial charge in [0.15, 0.2) is 11.5 Å². The number of carboxylic acids is 1. The predicted molar refractivity (Wildman–Crippen MR) is 108 cm³/mol. The van der Waals surface area contributed by atoms with Crippen LogP contribution >= 0.6 is 0 Å². The van der Waals surface area contributed by atoms with E-state index in [0.29, 0.717) is 30.0 Å². The molecule has 0 aliphatic carbocycles. The number of rotatable bonds is 5. The maximum atomic E-state index is 13.4. The van der Waals surface area contributed by atoms with Crippen LogP contribution in [0.5, 0.6) is 11.5 Å². The molecule has 0 bridgehead atoms. The summed E-state index contributed by atoms with van der Waals surface area (Å²) < 4.78 is 10.8. The molecule has 150 valence electrons. The number of hydrogen-bond donors (Lipinski definition) is 2. The van der Waals surface area contributed by atoms with E-state index in [1.165, 1.54) is 7.11 Å². The van der Waals surface area contributed by atoms with Gasteiger partial charge in [0.05, 0.1) is 37.8 Å². The van der Waals surface area contributed by atoms with Crippen LogP contribution in [-0.2, 0) is 11.2 Å². The predicted octanol–water partition coefficient (Wildman–Crippen LogP) is 3.40. The Labute approximate surface area is 167 Å². The molecule has 4 rings (SSSR count). The number of hydrogen-bond acceptors (Lipinski definition) is 4. The van der Waals surface area contributed by atoms with Crippen molar-refractivity contribution in [1.82, 2.24) is 9.88 Å². The SMILES string of the molecule is COc1cc2c(cc1OC)C(CC(=O)O)N(C(=O)c1cccc3cc[nH]c13)CC2. The van der Waals surface area contributed by atoms with E-state index in [0.717, 1.165) is 22.0 Å². The molecule has 2 aromatic carbocycles. The summed E-state index contributed by atoms with van der Waals surface area (Å²) in [6, 6.07) is 10.5. The van der Waals surface area contributed by atoms with E-state index in [4.69, 9.17) is 9.47 Å². The lowest BCUT2D eigenvalue weighted by molar-refractivity contribution is -0.138.